The molecule has 0 fully saturated rings. The third-order valence-corrected chi connectivity index (χ3v) is 4.53. The van der Waals surface area contributed by atoms with E-state index in [0.717, 1.165) is 16.9 Å². The highest BCUT2D eigenvalue weighted by molar-refractivity contribution is 6.42. The first-order valence-electron chi connectivity index (χ1n) is 7.66. The van der Waals surface area contributed by atoms with Crippen molar-refractivity contribution in [2.24, 2.45) is 0 Å². The van der Waals surface area contributed by atoms with Crippen LogP contribution in [0.5, 0.6) is 11.5 Å². The molecular formula is C18H17Cl2NO3. The second kappa shape index (κ2) is 7.32. The van der Waals surface area contributed by atoms with Gasteiger partial charge in [-0.2, -0.15) is 0 Å². The number of hydrogen-bond donors (Lipinski definition) is 1. The van der Waals surface area contributed by atoms with Crippen molar-refractivity contribution in [3.05, 3.63) is 57.6 Å². The van der Waals surface area contributed by atoms with E-state index in [1.807, 2.05) is 31.2 Å². The number of carbonyl (C=O) groups excluding carboxylic acids is 1. The lowest BCUT2D eigenvalue weighted by Gasteiger charge is -2.19. The molecule has 2 aromatic carbocycles. The van der Waals surface area contributed by atoms with Crippen LogP contribution in [0.4, 0.5) is 0 Å². The lowest BCUT2D eigenvalue weighted by atomic mass is 10.1. The molecule has 126 valence electrons. The number of ether oxygens (including phenoxy) is 2. The van der Waals surface area contributed by atoms with Crippen LogP contribution in [-0.2, 0) is 11.2 Å². The minimum Gasteiger partial charge on any atom is -0.486 e. The van der Waals surface area contributed by atoms with Crippen LogP contribution in [0.3, 0.4) is 0 Å². The maximum absolute atomic E-state index is 12.3. The molecule has 0 saturated heterocycles. The zero-order valence-electron chi connectivity index (χ0n) is 13.1. The van der Waals surface area contributed by atoms with Crippen molar-refractivity contribution in [3.63, 3.8) is 0 Å². The van der Waals surface area contributed by atoms with Crippen molar-refractivity contribution in [1.29, 1.82) is 0 Å². The number of fused-ring (bicyclic) bond motifs is 1. The fraction of sp³-hybridized carbons (Fsp3) is 0.278. The van der Waals surface area contributed by atoms with Crippen LogP contribution in [-0.4, -0.2) is 19.1 Å². The second-order valence-electron chi connectivity index (χ2n) is 5.62. The van der Waals surface area contributed by atoms with E-state index in [2.05, 4.69) is 5.32 Å². The molecule has 0 aliphatic carbocycles. The summed E-state index contributed by atoms with van der Waals surface area (Å²) in [6.07, 6.45) is 0.266. The first-order valence-corrected chi connectivity index (χ1v) is 8.41. The Hall–Kier alpha value is -1.91. The standard InChI is InChI=1S/C18H17Cl2NO3/c1-11(13-3-4-14(19)15(20)10-13)21-18(22)9-12-2-5-16-17(8-12)24-7-6-23-16/h2-5,8,10-11H,6-7,9H2,1H3,(H,21,22). The molecule has 0 aromatic heterocycles. The molecule has 1 aliphatic rings. The van der Waals surface area contributed by atoms with Gasteiger partial charge in [0.25, 0.3) is 0 Å². The molecule has 1 atom stereocenters. The van der Waals surface area contributed by atoms with Crippen molar-refractivity contribution in [2.75, 3.05) is 13.2 Å². The molecule has 3 rings (SSSR count). The summed E-state index contributed by atoms with van der Waals surface area (Å²) >= 11 is 11.9. The van der Waals surface area contributed by atoms with Crippen molar-refractivity contribution in [2.45, 2.75) is 19.4 Å². The van der Waals surface area contributed by atoms with Gasteiger partial charge in [-0.15, -0.1) is 0 Å². The van der Waals surface area contributed by atoms with Crippen LogP contribution >= 0.6 is 23.2 Å². The van der Waals surface area contributed by atoms with Gasteiger partial charge in [0.2, 0.25) is 5.91 Å². The molecule has 1 N–H and O–H groups in total. The summed E-state index contributed by atoms with van der Waals surface area (Å²) in [6.45, 7) is 2.98. The number of carbonyl (C=O) groups is 1. The summed E-state index contributed by atoms with van der Waals surface area (Å²) in [5.41, 5.74) is 1.78. The highest BCUT2D eigenvalue weighted by atomic mass is 35.5. The Morgan fingerprint density at radius 1 is 1.08 bits per heavy atom. The molecule has 0 bridgehead atoms. The predicted molar refractivity (Wildman–Crippen MR) is 94.2 cm³/mol. The molecular weight excluding hydrogens is 349 g/mol. The number of benzene rings is 2. The van der Waals surface area contributed by atoms with Gasteiger partial charge >= 0.3 is 0 Å². The highest BCUT2D eigenvalue weighted by Crippen LogP contribution is 2.31. The summed E-state index contributed by atoms with van der Waals surface area (Å²) in [6, 6.07) is 10.7. The fourth-order valence-corrected chi connectivity index (χ4v) is 2.85. The quantitative estimate of drug-likeness (QED) is 0.883. The SMILES string of the molecule is CC(NC(=O)Cc1ccc2c(c1)OCCO2)c1ccc(Cl)c(Cl)c1. The number of amides is 1. The fourth-order valence-electron chi connectivity index (χ4n) is 2.54. The van der Waals surface area contributed by atoms with Crippen molar-refractivity contribution in [3.8, 4) is 11.5 Å². The van der Waals surface area contributed by atoms with Crippen LogP contribution in [0.2, 0.25) is 10.0 Å². The van der Waals surface area contributed by atoms with E-state index in [0.29, 0.717) is 29.0 Å². The zero-order valence-corrected chi connectivity index (χ0v) is 14.7. The van der Waals surface area contributed by atoms with Gasteiger partial charge < -0.3 is 14.8 Å². The van der Waals surface area contributed by atoms with E-state index < -0.39 is 0 Å². The zero-order chi connectivity index (χ0) is 17.1. The van der Waals surface area contributed by atoms with Gasteiger partial charge in [0.1, 0.15) is 13.2 Å². The summed E-state index contributed by atoms with van der Waals surface area (Å²) in [5, 5.41) is 3.93. The van der Waals surface area contributed by atoms with Crippen molar-refractivity contribution in [1.82, 2.24) is 5.32 Å². The molecule has 1 unspecified atom stereocenters. The Bertz CT molecular complexity index is 764. The lowest BCUT2D eigenvalue weighted by Crippen LogP contribution is -2.28. The highest BCUT2D eigenvalue weighted by Gasteiger charge is 2.15. The summed E-state index contributed by atoms with van der Waals surface area (Å²) < 4.78 is 11.0. The van der Waals surface area contributed by atoms with Crippen LogP contribution in [0.25, 0.3) is 0 Å². The van der Waals surface area contributed by atoms with Crippen LogP contribution < -0.4 is 14.8 Å². The van der Waals surface area contributed by atoms with Crippen molar-refractivity contribution >= 4 is 29.1 Å². The molecule has 1 heterocycles. The molecule has 0 spiro atoms. The second-order valence-corrected chi connectivity index (χ2v) is 6.43. The van der Waals surface area contributed by atoms with Gasteiger partial charge in [0, 0.05) is 0 Å². The smallest absolute Gasteiger partial charge is 0.224 e. The van der Waals surface area contributed by atoms with E-state index in [9.17, 15) is 4.79 Å². The van der Waals surface area contributed by atoms with E-state index in [1.165, 1.54) is 0 Å². The number of rotatable bonds is 4. The third kappa shape index (κ3) is 3.94. The van der Waals surface area contributed by atoms with E-state index in [-0.39, 0.29) is 18.4 Å². The molecule has 6 heteroatoms. The molecule has 1 aliphatic heterocycles. The predicted octanol–water partition coefficient (Wildman–Crippen LogP) is 4.18. The average molecular weight is 366 g/mol. The van der Waals surface area contributed by atoms with Crippen molar-refractivity contribution < 1.29 is 14.3 Å². The van der Waals surface area contributed by atoms with Crippen LogP contribution in [0, 0.1) is 0 Å². The first-order chi connectivity index (χ1) is 11.5. The van der Waals surface area contributed by atoms with E-state index in [1.54, 1.807) is 12.1 Å². The first kappa shape index (κ1) is 16.9. The summed E-state index contributed by atoms with van der Waals surface area (Å²) in [5.74, 6) is 1.32. The van der Waals surface area contributed by atoms with E-state index in [4.69, 9.17) is 32.7 Å². The summed E-state index contributed by atoms with van der Waals surface area (Å²) in [4.78, 5) is 12.3. The molecule has 24 heavy (non-hydrogen) atoms. The Balaban J connectivity index is 1.63. The average Bonchev–Trinajstić information content (AvgIpc) is 2.57. The van der Waals surface area contributed by atoms with Gasteiger partial charge in [-0.3, -0.25) is 4.79 Å². The lowest BCUT2D eigenvalue weighted by molar-refractivity contribution is -0.121. The van der Waals surface area contributed by atoms with Gasteiger partial charge in [0.05, 0.1) is 22.5 Å². The molecule has 2 aromatic rings. The number of nitrogens with one attached hydrogen (secondary N) is 1. The maximum Gasteiger partial charge on any atom is 0.224 e. The van der Waals surface area contributed by atoms with Gasteiger partial charge in [-0.05, 0) is 42.3 Å². The van der Waals surface area contributed by atoms with Crippen LogP contribution in [0.1, 0.15) is 24.1 Å². The summed E-state index contributed by atoms with van der Waals surface area (Å²) in [7, 11) is 0. The normalized spacial score (nSPS) is 14.1. The topological polar surface area (TPSA) is 47.6 Å². The van der Waals surface area contributed by atoms with Gasteiger partial charge in [-0.25, -0.2) is 0 Å². The Labute approximate surface area is 150 Å². The van der Waals surface area contributed by atoms with Gasteiger partial charge in [-0.1, -0.05) is 35.3 Å². The molecule has 0 saturated carbocycles. The minimum atomic E-state index is -0.163. The maximum atomic E-state index is 12.3. The molecule has 4 nitrogen and oxygen atoms in total. The van der Waals surface area contributed by atoms with E-state index >= 15 is 0 Å². The van der Waals surface area contributed by atoms with Gasteiger partial charge in [0.15, 0.2) is 11.5 Å². The molecule has 0 radical (unpaired) electrons. The van der Waals surface area contributed by atoms with Crippen LogP contribution in [0.15, 0.2) is 36.4 Å². The monoisotopic (exact) mass is 365 g/mol. The molecule has 1 amide bonds. The Morgan fingerprint density at radius 3 is 2.58 bits per heavy atom. The third-order valence-electron chi connectivity index (χ3n) is 3.79. The largest absolute Gasteiger partial charge is 0.486 e. The number of hydrogen-bond acceptors (Lipinski definition) is 3. The Kier molecular flexibility index (Phi) is 5.17. The number of halogens is 2. The minimum absolute atomic E-state index is 0.0785. The Morgan fingerprint density at radius 2 is 1.83 bits per heavy atom.